The number of carbonyl (C=O) groups is 1. The van der Waals surface area contributed by atoms with Crippen LogP contribution in [0.3, 0.4) is 0 Å². The van der Waals surface area contributed by atoms with Crippen LogP contribution in [0, 0.1) is 0 Å². The second-order valence-electron chi connectivity index (χ2n) is 3.91. The summed E-state index contributed by atoms with van der Waals surface area (Å²) in [4.78, 5) is 10.9. The molecule has 0 atom stereocenters. The standard InChI is InChI=1S/C10H15N.C3H7NO.C2H6/c1-2-3-4-9-5-7-10(11)8-6-9;1-4(2)3-5;1-2/h5-8H,2-4,11H2,1H3;3H,1-2H3;1-2H3. The highest BCUT2D eigenvalue weighted by atomic mass is 16.1. The predicted octanol–water partition coefficient (Wildman–Crippen LogP) is 3.34. The van der Waals surface area contributed by atoms with Crippen molar-refractivity contribution in [3.05, 3.63) is 29.8 Å². The molecular weight excluding hydrogens is 224 g/mol. The van der Waals surface area contributed by atoms with Gasteiger partial charge in [-0.1, -0.05) is 39.3 Å². The Kier molecular flexibility index (Phi) is 14.2. The summed E-state index contributed by atoms with van der Waals surface area (Å²) < 4.78 is 0. The minimum Gasteiger partial charge on any atom is -0.399 e. The van der Waals surface area contributed by atoms with Crippen molar-refractivity contribution in [3.8, 4) is 0 Å². The number of hydrogen-bond acceptors (Lipinski definition) is 2. The summed E-state index contributed by atoms with van der Waals surface area (Å²) in [6.07, 6.45) is 4.45. The van der Waals surface area contributed by atoms with Crippen LogP contribution in [0.15, 0.2) is 24.3 Å². The molecule has 3 heteroatoms. The number of unbranched alkanes of at least 4 members (excludes halogenated alkanes) is 1. The second kappa shape index (κ2) is 13.6. The van der Waals surface area contributed by atoms with Crippen LogP contribution in [0.5, 0.6) is 0 Å². The summed E-state index contributed by atoms with van der Waals surface area (Å²) in [5.74, 6) is 0. The number of hydrogen-bond donors (Lipinski definition) is 1. The van der Waals surface area contributed by atoms with E-state index in [1.165, 1.54) is 29.7 Å². The molecule has 0 heterocycles. The molecule has 0 aliphatic rings. The number of anilines is 1. The molecule has 0 saturated heterocycles. The van der Waals surface area contributed by atoms with Crippen LogP contribution in [0.4, 0.5) is 5.69 Å². The topological polar surface area (TPSA) is 46.3 Å². The first-order valence-electron chi connectivity index (χ1n) is 6.56. The van der Waals surface area contributed by atoms with Crippen LogP contribution in [-0.2, 0) is 11.2 Å². The van der Waals surface area contributed by atoms with Crippen molar-refractivity contribution in [2.45, 2.75) is 40.0 Å². The lowest BCUT2D eigenvalue weighted by Crippen LogP contribution is -2.06. The number of nitrogens with zero attached hydrogens (tertiary/aromatic N) is 1. The molecule has 1 rings (SSSR count). The van der Waals surface area contributed by atoms with E-state index in [1.807, 2.05) is 26.0 Å². The maximum atomic E-state index is 9.43. The molecule has 0 fully saturated rings. The molecule has 0 unspecified atom stereocenters. The quantitative estimate of drug-likeness (QED) is 0.660. The Morgan fingerprint density at radius 1 is 1.17 bits per heavy atom. The van der Waals surface area contributed by atoms with E-state index in [0.29, 0.717) is 0 Å². The van der Waals surface area contributed by atoms with Crippen LogP contribution >= 0.6 is 0 Å². The molecule has 104 valence electrons. The lowest BCUT2D eigenvalue weighted by Gasteiger charge is -1.99. The summed E-state index contributed by atoms with van der Waals surface area (Å²) in [5.41, 5.74) is 7.80. The van der Waals surface area contributed by atoms with Gasteiger partial charge in [-0.2, -0.15) is 0 Å². The number of amides is 1. The zero-order chi connectivity index (χ0) is 14.4. The SMILES string of the molecule is CC.CCCCc1ccc(N)cc1.CN(C)C=O. The van der Waals surface area contributed by atoms with Crippen molar-refractivity contribution in [1.82, 2.24) is 4.90 Å². The van der Waals surface area contributed by atoms with E-state index in [-0.39, 0.29) is 0 Å². The number of aryl methyl sites for hydroxylation is 1. The number of nitrogens with two attached hydrogens (primary N) is 1. The number of rotatable bonds is 4. The van der Waals surface area contributed by atoms with Gasteiger partial charge in [-0.05, 0) is 30.5 Å². The van der Waals surface area contributed by atoms with E-state index in [1.54, 1.807) is 14.1 Å². The molecule has 1 amide bonds. The van der Waals surface area contributed by atoms with E-state index in [0.717, 1.165) is 12.1 Å². The van der Waals surface area contributed by atoms with Gasteiger partial charge >= 0.3 is 0 Å². The Balaban J connectivity index is 0. The first-order chi connectivity index (χ1) is 8.60. The third kappa shape index (κ3) is 12.6. The molecule has 0 aromatic heterocycles. The minimum atomic E-state index is 0.750. The lowest BCUT2D eigenvalue weighted by atomic mass is 10.1. The largest absolute Gasteiger partial charge is 0.399 e. The van der Waals surface area contributed by atoms with E-state index < -0.39 is 0 Å². The maximum absolute atomic E-state index is 9.43. The van der Waals surface area contributed by atoms with Gasteiger partial charge in [0.15, 0.2) is 0 Å². The normalized spacial score (nSPS) is 8.28. The van der Waals surface area contributed by atoms with Gasteiger partial charge in [-0.3, -0.25) is 4.79 Å². The van der Waals surface area contributed by atoms with Crippen molar-refractivity contribution in [3.63, 3.8) is 0 Å². The van der Waals surface area contributed by atoms with Gasteiger partial charge in [-0.25, -0.2) is 0 Å². The summed E-state index contributed by atoms with van der Waals surface area (Å²) in [6.45, 7) is 6.21. The first-order valence-corrected chi connectivity index (χ1v) is 6.56. The zero-order valence-corrected chi connectivity index (χ0v) is 12.4. The highest BCUT2D eigenvalue weighted by Crippen LogP contribution is 2.08. The van der Waals surface area contributed by atoms with Crippen LogP contribution in [-0.4, -0.2) is 25.4 Å². The summed E-state index contributed by atoms with van der Waals surface area (Å²) in [5, 5.41) is 0. The summed E-state index contributed by atoms with van der Waals surface area (Å²) in [7, 11) is 3.38. The highest BCUT2D eigenvalue weighted by molar-refractivity contribution is 5.45. The first kappa shape index (κ1) is 18.8. The van der Waals surface area contributed by atoms with Gasteiger partial charge in [0.25, 0.3) is 0 Å². The number of carbonyl (C=O) groups excluding carboxylic acids is 1. The maximum Gasteiger partial charge on any atom is 0.209 e. The fourth-order valence-electron chi connectivity index (χ4n) is 1.07. The van der Waals surface area contributed by atoms with Crippen LogP contribution in [0.2, 0.25) is 0 Å². The average molecular weight is 252 g/mol. The summed E-state index contributed by atoms with van der Waals surface area (Å²) >= 11 is 0. The third-order valence-corrected chi connectivity index (χ3v) is 2.01. The Bertz CT molecular complexity index is 281. The van der Waals surface area contributed by atoms with Crippen LogP contribution in [0.1, 0.15) is 39.2 Å². The molecule has 0 bridgehead atoms. The van der Waals surface area contributed by atoms with Crippen molar-refractivity contribution >= 4 is 12.1 Å². The van der Waals surface area contributed by atoms with Crippen molar-refractivity contribution in [2.75, 3.05) is 19.8 Å². The van der Waals surface area contributed by atoms with Gasteiger partial charge in [-0.15, -0.1) is 0 Å². The Morgan fingerprint density at radius 2 is 1.61 bits per heavy atom. The molecule has 1 aromatic carbocycles. The lowest BCUT2D eigenvalue weighted by molar-refractivity contribution is -0.115. The molecular formula is C15H28N2O. The van der Waals surface area contributed by atoms with E-state index in [9.17, 15) is 4.79 Å². The zero-order valence-electron chi connectivity index (χ0n) is 12.4. The number of nitrogen functional groups attached to an aromatic ring is 1. The molecule has 0 aliphatic carbocycles. The van der Waals surface area contributed by atoms with E-state index in [4.69, 9.17) is 5.73 Å². The molecule has 0 radical (unpaired) electrons. The molecule has 2 N–H and O–H groups in total. The number of benzene rings is 1. The van der Waals surface area contributed by atoms with Gasteiger partial charge in [0.05, 0.1) is 0 Å². The summed E-state index contributed by atoms with van der Waals surface area (Å²) in [6, 6.07) is 8.13. The molecule has 18 heavy (non-hydrogen) atoms. The highest BCUT2D eigenvalue weighted by Gasteiger charge is 1.90. The minimum absolute atomic E-state index is 0.750. The van der Waals surface area contributed by atoms with E-state index >= 15 is 0 Å². The van der Waals surface area contributed by atoms with Crippen molar-refractivity contribution in [2.24, 2.45) is 0 Å². The van der Waals surface area contributed by atoms with Gasteiger partial charge < -0.3 is 10.6 Å². The van der Waals surface area contributed by atoms with Gasteiger partial charge in [0, 0.05) is 19.8 Å². The molecule has 1 aromatic rings. The molecule has 0 aliphatic heterocycles. The van der Waals surface area contributed by atoms with Crippen LogP contribution < -0.4 is 5.73 Å². The van der Waals surface area contributed by atoms with Crippen molar-refractivity contribution in [1.29, 1.82) is 0 Å². The molecule has 3 nitrogen and oxygen atoms in total. The van der Waals surface area contributed by atoms with Gasteiger partial charge in [0.1, 0.15) is 0 Å². The average Bonchev–Trinajstić information content (AvgIpc) is 2.41. The smallest absolute Gasteiger partial charge is 0.209 e. The van der Waals surface area contributed by atoms with Crippen LogP contribution in [0.25, 0.3) is 0 Å². The Morgan fingerprint density at radius 3 is 1.94 bits per heavy atom. The Labute approximate surface area is 112 Å². The fourth-order valence-corrected chi connectivity index (χ4v) is 1.07. The molecule has 0 spiro atoms. The Hall–Kier alpha value is -1.51. The second-order valence-corrected chi connectivity index (χ2v) is 3.91. The monoisotopic (exact) mass is 252 g/mol. The predicted molar refractivity (Wildman–Crippen MR) is 80.6 cm³/mol. The van der Waals surface area contributed by atoms with Gasteiger partial charge in [0.2, 0.25) is 6.41 Å². The van der Waals surface area contributed by atoms with E-state index in [2.05, 4.69) is 19.1 Å². The fraction of sp³-hybridized carbons (Fsp3) is 0.533. The molecule has 0 saturated carbocycles. The third-order valence-electron chi connectivity index (χ3n) is 2.01. The van der Waals surface area contributed by atoms with Crippen molar-refractivity contribution < 1.29 is 4.79 Å².